The van der Waals surface area contributed by atoms with E-state index in [2.05, 4.69) is 91.1 Å². The van der Waals surface area contributed by atoms with E-state index >= 15 is 0 Å². The fraction of sp³-hybridized carbons (Fsp3) is 0.120. The largest absolute Gasteiger partial charge is 0.489 e. The van der Waals surface area contributed by atoms with Gasteiger partial charge in [0.2, 0.25) is 0 Å². The molecule has 0 saturated heterocycles. The van der Waals surface area contributed by atoms with E-state index in [9.17, 15) is 0 Å². The first kappa shape index (κ1) is 17.2. The second-order valence-corrected chi connectivity index (χ2v) is 6.81. The number of hydrogen-bond donors (Lipinski definition) is 1. The van der Waals surface area contributed by atoms with Gasteiger partial charge in [0.05, 0.1) is 0 Å². The topological polar surface area (TPSA) is 21.3 Å². The van der Waals surface area contributed by atoms with Gasteiger partial charge in [-0.1, -0.05) is 78.4 Å². The fourth-order valence-electron chi connectivity index (χ4n) is 3.29. The molecule has 1 N–H and O–H groups in total. The molecule has 0 aliphatic heterocycles. The molecule has 134 valence electrons. The summed E-state index contributed by atoms with van der Waals surface area (Å²) in [7, 11) is 0. The zero-order valence-corrected chi connectivity index (χ0v) is 15.5. The molecule has 0 unspecified atom stereocenters. The number of hydrogen-bond acceptors (Lipinski definition) is 2. The van der Waals surface area contributed by atoms with Crippen LogP contribution >= 0.6 is 0 Å². The molecular weight excluding hydrogens is 330 g/mol. The van der Waals surface area contributed by atoms with E-state index in [1.807, 2.05) is 12.1 Å². The van der Waals surface area contributed by atoms with Crippen LogP contribution in [-0.2, 0) is 13.2 Å². The predicted molar refractivity (Wildman–Crippen MR) is 113 cm³/mol. The highest BCUT2D eigenvalue weighted by atomic mass is 16.5. The predicted octanol–water partition coefficient (Wildman–Crippen LogP) is 6.34. The number of fused-ring (bicyclic) bond motifs is 1. The third kappa shape index (κ3) is 4.29. The molecule has 0 heterocycles. The molecular formula is C25H23NO. The lowest BCUT2D eigenvalue weighted by Crippen LogP contribution is -2.01. The zero-order chi connectivity index (χ0) is 18.5. The van der Waals surface area contributed by atoms with E-state index < -0.39 is 0 Å². The molecule has 0 radical (unpaired) electrons. The maximum atomic E-state index is 5.98. The third-order valence-electron chi connectivity index (χ3n) is 4.66. The number of ether oxygens (including phenoxy) is 1. The van der Waals surface area contributed by atoms with Crippen LogP contribution in [0.5, 0.6) is 5.75 Å². The maximum absolute atomic E-state index is 5.98. The van der Waals surface area contributed by atoms with Crippen molar-refractivity contribution < 1.29 is 4.74 Å². The Bertz CT molecular complexity index is 1050. The Balaban J connectivity index is 1.43. The van der Waals surface area contributed by atoms with Crippen LogP contribution in [0.3, 0.4) is 0 Å². The number of anilines is 1. The van der Waals surface area contributed by atoms with Gasteiger partial charge in [0.25, 0.3) is 0 Å². The monoisotopic (exact) mass is 353 g/mol. The smallest absolute Gasteiger partial charge is 0.120 e. The van der Waals surface area contributed by atoms with E-state index in [1.165, 1.54) is 27.5 Å². The molecule has 0 amide bonds. The molecule has 2 heteroatoms. The Hall–Kier alpha value is -3.26. The maximum Gasteiger partial charge on any atom is 0.120 e. The first-order valence-corrected chi connectivity index (χ1v) is 9.27. The van der Waals surface area contributed by atoms with Crippen LogP contribution in [0.25, 0.3) is 10.8 Å². The Kier molecular flexibility index (Phi) is 5.06. The van der Waals surface area contributed by atoms with Crippen molar-refractivity contribution in [3.8, 4) is 5.75 Å². The lowest BCUT2D eigenvalue weighted by atomic mass is 10.1. The van der Waals surface area contributed by atoms with Gasteiger partial charge in [-0.3, -0.25) is 0 Å². The summed E-state index contributed by atoms with van der Waals surface area (Å²) >= 11 is 0. The molecule has 4 aromatic carbocycles. The van der Waals surface area contributed by atoms with Gasteiger partial charge in [-0.25, -0.2) is 0 Å². The summed E-state index contributed by atoms with van der Waals surface area (Å²) in [6.07, 6.45) is 0. The highest BCUT2D eigenvalue weighted by Crippen LogP contribution is 2.24. The molecule has 0 aliphatic rings. The second-order valence-electron chi connectivity index (χ2n) is 6.81. The summed E-state index contributed by atoms with van der Waals surface area (Å²) in [5.74, 6) is 0.897. The van der Waals surface area contributed by atoms with Crippen LogP contribution in [0.1, 0.15) is 16.7 Å². The first-order valence-electron chi connectivity index (χ1n) is 9.27. The van der Waals surface area contributed by atoms with E-state index in [-0.39, 0.29) is 0 Å². The molecule has 0 aliphatic carbocycles. The molecule has 4 aromatic rings. The average Bonchev–Trinajstić information content (AvgIpc) is 2.71. The van der Waals surface area contributed by atoms with Crippen molar-refractivity contribution in [2.75, 3.05) is 5.32 Å². The molecule has 0 aromatic heterocycles. The Morgan fingerprint density at radius 2 is 1.52 bits per heavy atom. The van der Waals surface area contributed by atoms with Crippen molar-refractivity contribution in [2.45, 2.75) is 20.1 Å². The molecule has 0 spiro atoms. The number of benzene rings is 4. The van der Waals surface area contributed by atoms with Gasteiger partial charge in [-0.05, 0) is 41.6 Å². The lowest BCUT2D eigenvalue weighted by Gasteiger charge is -2.12. The van der Waals surface area contributed by atoms with Crippen molar-refractivity contribution in [3.63, 3.8) is 0 Å². The number of rotatable bonds is 6. The van der Waals surface area contributed by atoms with E-state index in [0.29, 0.717) is 6.61 Å². The quantitative estimate of drug-likeness (QED) is 0.437. The Morgan fingerprint density at radius 3 is 2.44 bits per heavy atom. The summed E-state index contributed by atoms with van der Waals surface area (Å²) < 4.78 is 5.98. The molecule has 0 atom stereocenters. The summed E-state index contributed by atoms with van der Waals surface area (Å²) in [4.78, 5) is 0. The van der Waals surface area contributed by atoms with Crippen molar-refractivity contribution >= 4 is 16.5 Å². The fourth-order valence-corrected chi connectivity index (χ4v) is 3.29. The molecule has 2 nitrogen and oxygen atoms in total. The minimum atomic E-state index is 0.585. The average molecular weight is 353 g/mol. The van der Waals surface area contributed by atoms with Crippen LogP contribution in [0.2, 0.25) is 0 Å². The van der Waals surface area contributed by atoms with Gasteiger partial charge < -0.3 is 10.1 Å². The van der Waals surface area contributed by atoms with Crippen molar-refractivity contribution in [2.24, 2.45) is 0 Å². The van der Waals surface area contributed by atoms with Gasteiger partial charge in [0.15, 0.2) is 0 Å². The van der Waals surface area contributed by atoms with Gasteiger partial charge in [0.1, 0.15) is 12.4 Å². The van der Waals surface area contributed by atoms with Crippen LogP contribution < -0.4 is 10.1 Å². The summed E-state index contributed by atoms with van der Waals surface area (Å²) in [5, 5.41) is 6.05. The van der Waals surface area contributed by atoms with Crippen molar-refractivity contribution in [3.05, 3.63) is 108 Å². The van der Waals surface area contributed by atoms with E-state index in [1.54, 1.807) is 0 Å². The van der Waals surface area contributed by atoms with Crippen molar-refractivity contribution in [1.29, 1.82) is 0 Å². The lowest BCUT2D eigenvalue weighted by molar-refractivity contribution is 0.306. The van der Waals surface area contributed by atoms with Gasteiger partial charge in [-0.15, -0.1) is 0 Å². The summed E-state index contributed by atoms with van der Waals surface area (Å²) in [6, 6.07) is 31.5. The summed E-state index contributed by atoms with van der Waals surface area (Å²) in [6.45, 7) is 3.45. The Labute approximate surface area is 160 Å². The second kappa shape index (κ2) is 7.96. The van der Waals surface area contributed by atoms with Gasteiger partial charge >= 0.3 is 0 Å². The van der Waals surface area contributed by atoms with Crippen LogP contribution in [0, 0.1) is 6.92 Å². The van der Waals surface area contributed by atoms with Crippen LogP contribution in [0.4, 0.5) is 5.69 Å². The summed E-state index contributed by atoms with van der Waals surface area (Å²) in [5.41, 5.74) is 4.79. The van der Waals surface area contributed by atoms with Crippen LogP contribution in [-0.4, -0.2) is 0 Å². The Morgan fingerprint density at radius 1 is 0.741 bits per heavy atom. The minimum absolute atomic E-state index is 0.585. The minimum Gasteiger partial charge on any atom is -0.489 e. The normalized spacial score (nSPS) is 10.7. The molecule has 0 bridgehead atoms. The SMILES string of the molecule is Cc1cccc(COc2cccc(CNc3cccc4ccccc34)c2)c1. The van der Waals surface area contributed by atoms with Crippen LogP contribution in [0.15, 0.2) is 91.0 Å². The first-order chi connectivity index (χ1) is 13.3. The van der Waals surface area contributed by atoms with Crippen molar-refractivity contribution in [1.82, 2.24) is 0 Å². The number of nitrogens with one attached hydrogen (secondary N) is 1. The zero-order valence-electron chi connectivity index (χ0n) is 15.5. The molecule has 27 heavy (non-hydrogen) atoms. The standard InChI is InChI=1S/C25H23NO/c1-19-7-4-9-21(15-19)18-27-23-12-5-8-20(16-23)17-26-25-14-6-11-22-10-2-3-13-24(22)25/h2-16,26H,17-18H2,1H3. The van der Waals surface area contributed by atoms with E-state index in [0.717, 1.165) is 18.0 Å². The molecule has 0 fully saturated rings. The highest BCUT2D eigenvalue weighted by molar-refractivity contribution is 5.93. The third-order valence-corrected chi connectivity index (χ3v) is 4.66. The van der Waals surface area contributed by atoms with Gasteiger partial charge in [-0.2, -0.15) is 0 Å². The number of aryl methyl sites for hydroxylation is 1. The van der Waals surface area contributed by atoms with E-state index in [4.69, 9.17) is 4.74 Å². The van der Waals surface area contributed by atoms with Gasteiger partial charge in [0, 0.05) is 17.6 Å². The molecule has 0 saturated carbocycles. The molecule has 4 rings (SSSR count). The highest BCUT2D eigenvalue weighted by Gasteiger charge is 2.02.